The van der Waals surface area contributed by atoms with Gasteiger partial charge in [-0.15, -0.1) is 0 Å². The molecule has 6 nitrogen and oxygen atoms in total. The van der Waals surface area contributed by atoms with Crippen molar-refractivity contribution in [1.29, 1.82) is 0 Å². The number of hydrogen-bond donors (Lipinski definition) is 1. The van der Waals surface area contributed by atoms with E-state index >= 15 is 0 Å². The monoisotopic (exact) mass is 403 g/mol. The number of hydrogen-bond acceptors (Lipinski definition) is 5. The summed E-state index contributed by atoms with van der Waals surface area (Å²) in [5, 5.41) is 2.64. The lowest BCUT2D eigenvalue weighted by Gasteiger charge is -2.10. The second kappa shape index (κ2) is 9.52. The molecule has 0 fully saturated rings. The number of carbonyl (C=O) groups is 3. The average molecular weight is 403 g/mol. The Balaban J connectivity index is 1.58. The van der Waals surface area contributed by atoms with Gasteiger partial charge in [0.05, 0.1) is 18.2 Å². The molecule has 1 N–H and O–H groups in total. The normalized spacial score (nSPS) is 10.2. The number of rotatable bonds is 6. The fraction of sp³-hybridized carbons (Fsp3) is 0.125. The molecule has 0 bridgehead atoms. The Kier molecular flexibility index (Phi) is 6.60. The number of methoxy groups -OCH3 is 1. The highest BCUT2D eigenvalue weighted by molar-refractivity contribution is 5.97. The van der Waals surface area contributed by atoms with Gasteiger partial charge in [0, 0.05) is 5.69 Å². The molecule has 0 aromatic heterocycles. The zero-order valence-electron chi connectivity index (χ0n) is 16.7. The van der Waals surface area contributed by atoms with E-state index in [2.05, 4.69) is 10.1 Å². The van der Waals surface area contributed by atoms with Crippen LogP contribution in [0.15, 0.2) is 72.8 Å². The third kappa shape index (κ3) is 5.11. The van der Waals surface area contributed by atoms with Gasteiger partial charge in [-0.05, 0) is 47.9 Å². The molecule has 0 radical (unpaired) electrons. The Bertz CT molecular complexity index is 1060. The summed E-state index contributed by atoms with van der Waals surface area (Å²) in [6, 6.07) is 21.6. The lowest BCUT2D eigenvalue weighted by molar-refractivity contribution is -0.119. The Morgan fingerprint density at radius 2 is 1.43 bits per heavy atom. The van der Waals surface area contributed by atoms with Gasteiger partial charge in [-0.3, -0.25) is 4.79 Å². The van der Waals surface area contributed by atoms with E-state index in [1.807, 2.05) is 42.5 Å². The van der Waals surface area contributed by atoms with Crippen LogP contribution in [0, 0.1) is 6.92 Å². The Morgan fingerprint density at radius 1 is 0.800 bits per heavy atom. The second-order valence-corrected chi connectivity index (χ2v) is 6.59. The van der Waals surface area contributed by atoms with Gasteiger partial charge in [-0.25, -0.2) is 9.59 Å². The Labute approximate surface area is 174 Å². The third-order valence-corrected chi connectivity index (χ3v) is 4.49. The maximum absolute atomic E-state index is 12.2. The molecule has 152 valence electrons. The van der Waals surface area contributed by atoms with Gasteiger partial charge >= 0.3 is 11.9 Å². The molecular weight excluding hydrogens is 382 g/mol. The van der Waals surface area contributed by atoms with E-state index in [0.717, 1.165) is 16.7 Å². The average Bonchev–Trinajstić information content (AvgIpc) is 2.79. The van der Waals surface area contributed by atoms with Gasteiger partial charge in [0.25, 0.3) is 5.91 Å². The summed E-state index contributed by atoms with van der Waals surface area (Å²) in [6.45, 7) is 1.35. The summed E-state index contributed by atoms with van der Waals surface area (Å²) in [7, 11) is 1.28. The van der Waals surface area contributed by atoms with Gasteiger partial charge in [0.1, 0.15) is 0 Å². The molecule has 30 heavy (non-hydrogen) atoms. The van der Waals surface area contributed by atoms with Crippen LogP contribution in [-0.4, -0.2) is 31.6 Å². The van der Waals surface area contributed by atoms with Gasteiger partial charge in [0.2, 0.25) is 0 Å². The van der Waals surface area contributed by atoms with E-state index in [-0.39, 0.29) is 0 Å². The van der Waals surface area contributed by atoms with Crippen LogP contribution < -0.4 is 5.32 Å². The fourth-order valence-corrected chi connectivity index (χ4v) is 2.83. The van der Waals surface area contributed by atoms with Crippen molar-refractivity contribution in [3.8, 4) is 11.1 Å². The molecule has 0 atom stereocenters. The van der Waals surface area contributed by atoms with E-state index < -0.39 is 24.5 Å². The topological polar surface area (TPSA) is 81.7 Å². The van der Waals surface area contributed by atoms with Crippen LogP contribution in [0.1, 0.15) is 26.3 Å². The Morgan fingerprint density at radius 3 is 2.10 bits per heavy atom. The number of nitrogens with one attached hydrogen (secondary N) is 1. The number of benzene rings is 3. The first-order chi connectivity index (χ1) is 14.5. The van der Waals surface area contributed by atoms with Crippen molar-refractivity contribution in [2.24, 2.45) is 0 Å². The van der Waals surface area contributed by atoms with Crippen molar-refractivity contribution in [3.05, 3.63) is 89.5 Å². The van der Waals surface area contributed by atoms with Crippen LogP contribution in [-0.2, 0) is 14.3 Å². The number of carbonyl (C=O) groups excluding carboxylic acids is 3. The van der Waals surface area contributed by atoms with E-state index in [0.29, 0.717) is 16.8 Å². The van der Waals surface area contributed by atoms with E-state index in [9.17, 15) is 14.4 Å². The van der Waals surface area contributed by atoms with E-state index in [1.165, 1.54) is 13.2 Å². The molecule has 0 heterocycles. The minimum Gasteiger partial charge on any atom is -0.465 e. The quantitative estimate of drug-likeness (QED) is 0.623. The molecule has 0 aliphatic heterocycles. The van der Waals surface area contributed by atoms with Crippen LogP contribution >= 0.6 is 0 Å². The van der Waals surface area contributed by atoms with Crippen LogP contribution in [0.3, 0.4) is 0 Å². The summed E-state index contributed by atoms with van der Waals surface area (Å²) >= 11 is 0. The van der Waals surface area contributed by atoms with Crippen molar-refractivity contribution < 1.29 is 23.9 Å². The molecule has 0 aliphatic rings. The summed E-state index contributed by atoms with van der Waals surface area (Å²) in [4.78, 5) is 36.1. The molecule has 0 aliphatic carbocycles. The molecule has 6 heteroatoms. The molecular formula is C24H21NO5. The van der Waals surface area contributed by atoms with Crippen molar-refractivity contribution in [1.82, 2.24) is 0 Å². The van der Waals surface area contributed by atoms with Crippen molar-refractivity contribution in [2.75, 3.05) is 19.0 Å². The third-order valence-electron chi connectivity index (χ3n) is 4.49. The number of amides is 1. The second-order valence-electron chi connectivity index (χ2n) is 6.59. The molecule has 3 aromatic carbocycles. The predicted octanol–water partition coefficient (Wildman–Crippen LogP) is 4.24. The SMILES string of the molecule is COC(=O)c1ccc(C)c(NC(=O)COC(=O)c2ccc(-c3ccccc3)cc2)c1. The Hall–Kier alpha value is -3.93. The molecule has 0 spiro atoms. The molecule has 3 rings (SSSR count). The summed E-state index contributed by atoms with van der Waals surface area (Å²) < 4.78 is 9.78. The maximum Gasteiger partial charge on any atom is 0.338 e. The molecule has 0 saturated carbocycles. The number of ether oxygens (including phenoxy) is 2. The summed E-state index contributed by atoms with van der Waals surface area (Å²) in [5.41, 5.74) is 3.90. The number of esters is 2. The zero-order valence-corrected chi connectivity index (χ0v) is 16.7. The predicted molar refractivity (Wildman–Crippen MR) is 113 cm³/mol. The van der Waals surface area contributed by atoms with Crippen molar-refractivity contribution >= 4 is 23.5 Å². The minimum atomic E-state index is -0.593. The smallest absolute Gasteiger partial charge is 0.338 e. The van der Waals surface area contributed by atoms with Crippen molar-refractivity contribution in [3.63, 3.8) is 0 Å². The first-order valence-electron chi connectivity index (χ1n) is 9.29. The standard InChI is InChI=1S/C24H21NO5/c1-16-8-9-20(23(27)29-2)14-21(16)25-22(26)15-30-24(28)19-12-10-18(11-13-19)17-6-4-3-5-7-17/h3-14H,15H2,1-2H3,(H,25,26). The van der Waals surface area contributed by atoms with Gasteiger partial charge < -0.3 is 14.8 Å². The zero-order chi connectivity index (χ0) is 21.5. The van der Waals surface area contributed by atoms with Crippen LogP contribution in [0.5, 0.6) is 0 Å². The highest BCUT2D eigenvalue weighted by Crippen LogP contribution is 2.20. The first kappa shape index (κ1) is 20.8. The summed E-state index contributed by atoms with van der Waals surface area (Å²) in [5.74, 6) is -1.60. The molecule has 3 aromatic rings. The van der Waals surface area contributed by atoms with Crippen molar-refractivity contribution in [2.45, 2.75) is 6.92 Å². The van der Waals surface area contributed by atoms with E-state index in [1.54, 1.807) is 31.2 Å². The largest absolute Gasteiger partial charge is 0.465 e. The van der Waals surface area contributed by atoms with E-state index in [4.69, 9.17) is 4.74 Å². The van der Waals surface area contributed by atoms with Gasteiger partial charge in [-0.2, -0.15) is 0 Å². The van der Waals surface area contributed by atoms with Crippen LogP contribution in [0.25, 0.3) is 11.1 Å². The molecule has 1 amide bonds. The minimum absolute atomic E-state index is 0.314. The fourth-order valence-electron chi connectivity index (χ4n) is 2.83. The number of aryl methyl sites for hydroxylation is 1. The molecule has 0 saturated heterocycles. The highest BCUT2D eigenvalue weighted by atomic mass is 16.5. The van der Waals surface area contributed by atoms with Gasteiger partial charge in [-0.1, -0.05) is 48.5 Å². The first-order valence-corrected chi connectivity index (χ1v) is 9.29. The number of anilines is 1. The van der Waals surface area contributed by atoms with Crippen LogP contribution in [0.4, 0.5) is 5.69 Å². The lowest BCUT2D eigenvalue weighted by Crippen LogP contribution is -2.21. The maximum atomic E-state index is 12.2. The highest BCUT2D eigenvalue weighted by Gasteiger charge is 2.13. The molecule has 0 unspecified atom stereocenters. The lowest BCUT2D eigenvalue weighted by atomic mass is 10.0. The summed E-state index contributed by atoms with van der Waals surface area (Å²) in [6.07, 6.45) is 0. The van der Waals surface area contributed by atoms with Gasteiger partial charge in [0.15, 0.2) is 6.61 Å². The van der Waals surface area contributed by atoms with Crippen LogP contribution in [0.2, 0.25) is 0 Å².